The van der Waals surface area contributed by atoms with Crippen molar-refractivity contribution in [2.24, 2.45) is 0 Å². The normalized spacial score (nSPS) is 44.4. The molecule has 7 heteroatoms. The molecule has 1 unspecified atom stereocenters. The standard InChI is InChI=1S/C8H11F3O4/c1-7(2)14-3-4(15-7)6(12)13-5(3)8(9,10)11/h3-6,12H,1-2H3/t3-,4+,5-,6?/m0/s1. The molecular weight excluding hydrogens is 217 g/mol. The molecular formula is C8H11F3O4. The maximum Gasteiger partial charge on any atom is 0.417 e. The van der Waals surface area contributed by atoms with E-state index in [1.54, 1.807) is 0 Å². The number of aliphatic hydroxyl groups excluding tert-OH is 1. The van der Waals surface area contributed by atoms with E-state index in [1.807, 2.05) is 0 Å². The zero-order chi connectivity index (χ0) is 11.4. The van der Waals surface area contributed by atoms with Gasteiger partial charge >= 0.3 is 6.18 Å². The Kier molecular flexibility index (Phi) is 2.27. The third-order valence-corrected chi connectivity index (χ3v) is 2.35. The van der Waals surface area contributed by atoms with Crippen LogP contribution in [0.5, 0.6) is 0 Å². The summed E-state index contributed by atoms with van der Waals surface area (Å²) >= 11 is 0. The van der Waals surface area contributed by atoms with Gasteiger partial charge in [0.05, 0.1) is 0 Å². The van der Waals surface area contributed by atoms with Crippen molar-refractivity contribution < 1.29 is 32.5 Å². The van der Waals surface area contributed by atoms with Gasteiger partial charge < -0.3 is 19.3 Å². The maximum atomic E-state index is 12.5. The lowest BCUT2D eigenvalue weighted by Crippen LogP contribution is -2.40. The minimum absolute atomic E-state index is 1.08. The topological polar surface area (TPSA) is 47.9 Å². The van der Waals surface area contributed by atoms with Crippen LogP contribution in [0.15, 0.2) is 0 Å². The van der Waals surface area contributed by atoms with Gasteiger partial charge in [0.15, 0.2) is 18.2 Å². The van der Waals surface area contributed by atoms with E-state index in [0.29, 0.717) is 0 Å². The smallest absolute Gasteiger partial charge is 0.366 e. The molecule has 0 bridgehead atoms. The first-order valence-electron chi connectivity index (χ1n) is 4.46. The Morgan fingerprint density at radius 1 is 1.13 bits per heavy atom. The Hall–Kier alpha value is -0.370. The molecule has 2 aliphatic heterocycles. The molecule has 4 nitrogen and oxygen atoms in total. The highest BCUT2D eigenvalue weighted by molar-refractivity contribution is 4.97. The summed E-state index contributed by atoms with van der Waals surface area (Å²) in [6.45, 7) is 2.98. The lowest BCUT2D eigenvalue weighted by molar-refractivity contribution is -0.281. The zero-order valence-electron chi connectivity index (χ0n) is 8.12. The predicted molar refractivity (Wildman–Crippen MR) is 40.8 cm³/mol. The summed E-state index contributed by atoms with van der Waals surface area (Å²) in [6, 6.07) is 0. The highest BCUT2D eigenvalue weighted by Gasteiger charge is 2.62. The highest BCUT2D eigenvalue weighted by atomic mass is 19.4. The van der Waals surface area contributed by atoms with E-state index >= 15 is 0 Å². The molecule has 0 aromatic heterocycles. The molecule has 1 N–H and O–H groups in total. The lowest BCUT2D eigenvalue weighted by atomic mass is 10.1. The van der Waals surface area contributed by atoms with Crippen molar-refractivity contribution in [3.63, 3.8) is 0 Å². The van der Waals surface area contributed by atoms with Crippen LogP contribution in [0.1, 0.15) is 13.8 Å². The van der Waals surface area contributed by atoms with E-state index < -0.39 is 36.6 Å². The number of aliphatic hydroxyl groups is 1. The summed E-state index contributed by atoms with van der Waals surface area (Å²) in [5.41, 5.74) is 0. The fraction of sp³-hybridized carbons (Fsp3) is 1.00. The monoisotopic (exact) mass is 228 g/mol. The molecule has 2 rings (SSSR count). The van der Waals surface area contributed by atoms with Crippen LogP contribution in [0.3, 0.4) is 0 Å². The number of fused-ring (bicyclic) bond motifs is 1. The van der Waals surface area contributed by atoms with Gasteiger partial charge in [0.1, 0.15) is 12.2 Å². The Balaban J connectivity index is 2.20. The van der Waals surface area contributed by atoms with Crippen LogP contribution in [0.2, 0.25) is 0 Å². The second-order valence-corrected chi connectivity index (χ2v) is 4.05. The largest absolute Gasteiger partial charge is 0.417 e. The molecule has 0 aromatic rings. The van der Waals surface area contributed by atoms with Gasteiger partial charge in [0.2, 0.25) is 0 Å². The van der Waals surface area contributed by atoms with Crippen LogP contribution in [-0.4, -0.2) is 41.7 Å². The van der Waals surface area contributed by atoms with Gasteiger partial charge in [-0.2, -0.15) is 13.2 Å². The molecule has 0 radical (unpaired) electrons. The first kappa shape index (κ1) is 11.1. The van der Waals surface area contributed by atoms with E-state index in [1.165, 1.54) is 13.8 Å². The van der Waals surface area contributed by atoms with Crippen molar-refractivity contribution in [2.75, 3.05) is 0 Å². The second-order valence-electron chi connectivity index (χ2n) is 4.05. The first-order valence-corrected chi connectivity index (χ1v) is 4.46. The molecule has 2 saturated heterocycles. The average Bonchev–Trinajstić information content (AvgIpc) is 2.45. The minimum Gasteiger partial charge on any atom is -0.366 e. The van der Waals surface area contributed by atoms with Crippen molar-refractivity contribution in [3.8, 4) is 0 Å². The number of hydrogen-bond acceptors (Lipinski definition) is 4. The van der Waals surface area contributed by atoms with Gasteiger partial charge in [0, 0.05) is 0 Å². The molecule has 2 aliphatic rings. The maximum absolute atomic E-state index is 12.5. The third kappa shape index (κ3) is 1.84. The van der Waals surface area contributed by atoms with Gasteiger partial charge in [-0.3, -0.25) is 0 Å². The van der Waals surface area contributed by atoms with Crippen molar-refractivity contribution >= 4 is 0 Å². The van der Waals surface area contributed by atoms with Crippen molar-refractivity contribution in [2.45, 2.75) is 50.4 Å². The number of ether oxygens (including phenoxy) is 3. The summed E-state index contributed by atoms with van der Waals surface area (Å²) in [5, 5.41) is 9.24. The van der Waals surface area contributed by atoms with Crippen LogP contribution >= 0.6 is 0 Å². The molecule has 0 aromatic carbocycles. The van der Waals surface area contributed by atoms with Gasteiger partial charge in [-0.1, -0.05) is 0 Å². The zero-order valence-corrected chi connectivity index (χ0v) is 8.12. The van der Waals surface area contributed by atoms with Crippen molar-refractivity contribution in [1.29, 1.82) is 0 Å². The van der Waals surface area contributed by atoms with Crippen molar-refractivity contribution in [1.82, 2.24) is 0 Å². The number of alkyl halides is 3. The van der Waals surface area contributed by atoms with Gasteiger partial charge in [0.25, 0.3) is 0 Å². The molecule has 2 fully saturated rings. The van der Waals surface area contributed by atoms with Crippen LogP contribution in [0, 0.1) is 0 Å². The average molecular weight is 228 g/mol. The van der Waals surface area contributed by atoms with E-state index in [0.717, 1.165) is 0 Å². The fourth-order valence-electron chi connectivity index (χ4n) is 1.84. The first-order chi connectivity index (χ1) is 6.71. The van der Waals surface area contributed by atoms with Gasteiger partial charge in [-0.25, -0.2) is 0 Å². The third-order valence-electron chi connectivity index (χ3n) is 2.35. The summed E-state index contributed by atoms with van der Waals surface area (Å²) < 4.78 is 51.9. The van der Waals surface area contributed by atoms with Crippen LogP contribution in [0.4, 0.5) is 13.2 Å². The number of rotatable bonds is 0. The summed E-state index contributed by atoms with van der Waals surface area (Å²) in [5.74, 6) is -1.12. The molecule has 88 valence electrons. The molecule has 0 aliphatic carbocycles. The molecule has 0 saturated carbocycles. The molecule has 15 heavy (non-hydrogen) atoms. The lowest BCUT2D eigenvalue weighted by Gasteiger charge is -2.23. The van der Waals surface area contributed by atoms with Crippen molar-refractivity contribution in [3.05, 3.63) is 0 Å². The number of hydrogen-bond donors (Lipinski definition) is 1. The Bertz CT molecular complexity index is 265. The predicted octanol–water partition coefficient (Wildman–Crippen LogP) is 0.786. The molecule has 4 atom stereocenters. The summed E-state index contributed by atoms with van der Waals surface area (Å²) in [4.78, 5) is 0. The van der Waals surface area contributed by atoms with E-state index in [-0.39, 0.29) is 0 Å². The van der Waals surface area contributed by atoms with E-state index in [9.17, 15) is 18.3 Å². The summed E-state index contributed by atoms with van der Waals surface area (Å²) in [6.07, 6.45) is -10.7. The van der Waals surface area contributed by atoms with E-state index in [4.69, 9.17) is 9.47 Å². The van der Waals surface area contributed by atoms with Gasteiger partial charge in [-0.15, -0.1) is 0 Å². The second kappa shape index (κ2) is 3.07. The Morgan fingerprint density at radius 2 is 1.67 bits per heavy atom. The molecule has 0 amide bonds. The minimum atomic E-state index is -4.57. The van der Waals surface area contributed by atoms with Gasteiger partial charge in [-0.05, 0) is 13.8 Å². The van der Waals surface area contributed by atoms with Crippen LogP contribution in [-0.2, 0) is 14.2 Å². The fourth-order valence-corrected chi connectivity index (χ4v) is 1.84. The Labute approximate surface area is 83.9 Å². The molecule has 0 spiro atoms. The molecule has 2 heterocycles. The quantitative estimate of drug-likeness (QED) is 0.665. The van der Waals surface area contributed by atoms with Crippen LogP contribution in [0.25, 0.3) is 0 Å². The van der Waals surface area contributed by atoms with E-state index in [2.05, 4.69) is 4.74 Å². The summed E-state index contributed by atoms with van der Waals surface area (Å²) in [7, 11) is 0. The number of halogens is 3. The van der Waals surface area contributed by atoms with Crippen LogP contribution < -0.4 is 0 Å². The SMILES string of the molecule is CC1(C)O[C@H]2[C@@H](O1)C(O)O[C@@H]2C(F)(F)F. The Morgan fingerprint density at radius 3 is 2.20 bits per heavy atom. The highest BCUT2D eigenvalue weighted by Crippen LogP contribution is 2.43.